The van der Waals surface area contributed by atoms with Crippen LogP contribution in [-0.2, 0) is 10.5 Å². The van der Waals surface area contributed by atoms with E-state index in [1.807, 2.05) is 0 Å². The predicted molar refractivity (Wildman–Crippen MR) is 87.7 cm³/mol. The van der Waals surface area contributed by atoms with Crippen LogP contribution in [0.1, 0.15) is 34.6 Å². The van der Waals surface area contributed by atoms with Crippen LogP contribution >= 0.6 is 39.2 Å². The topological polar surface area (TPSA) is 105 Å². The zero-order valence-corrected chi connectivity index (χ0v) is 17.4. The summed E-state index contributed by atoms with van der Waals surface area (Å²) in [7, 11) is 0.440. The molecule has 0 unspecified atom stereocenters. The van der Waals surface area contributed by atoms with Crippen LogP contribution in [0.2, 0.25) is 0 Å². The SMILES string of the molecule is C[C]1[C](C)[C](C)[C](C)[C]1C.N.N.N.[I][Ir+][I]. The van der Waals surface area contributed by atoms with Gasteiger partial charge < -0.3 is 18.5 Å². The molecule has 0 heterocycles. The molecule has 16 heavy (non-hydrogen) atoms. The summed E-state index contributed by atoms with van der Waals surface area (Å²) >= 11 is 4.80. The standard InChI is InChI=1S/C10H15.2HI.Ir.3H3N/c1-6-7(2)9(4)10(5)8(6)3;;;;;;/h1-5H3;2*1H;;3*1H3/q;;;+3;;;/p-2. The summed E-state index contributed by atoms with van der Waals surface area (Å²) in [4.78, 5) is 0. The van der Waals surface area contributed by atoms with E-state index in [-0.39, 0.29) is 18.5 Å². The van der Waals surface area contributed by atoms with E-state index in [1.54, 1.807) is 0 Å². The van der Waals surface area contributed by atoms with Crippen LogP contribution < -0.4 is 18.5 Å². The summed E-state index contributed by atoms with van der Waals surface area (Å²) in [6.45, 7) is 11.0. The summed E-state index contributed by atoms with van der Waals surface area (Å²) in [5.74, 6) is 7.34. The zero-order valence-electron chi connectivity index (χ0n) is 10.7. The molecule has 0 aromatic carbocycles. The Balaban J connectivity index is -0.000000109. The molecule has 1 saturated carbocycles. The van der Waals surface area contributed by atoms with E-state index in [4.69, 9.17) is 0 Å². The fourth-order valence-electron chi connectivity index (χ4n) is 1.41. The molecular formula is C10H24I2IrN3+. The third-order valence-electron chi connectivity index (χ3n) is 2.81. The van der Waals surface area contributed by atoms with Crippen LogP contribution in [-0.4, -0.2) is 0 Å². The Labute approximate surface area is 131 Å². The Hall–Kier alpha value is 1.99. The first-order chi connectivity index (χ1) is 5.97. The molecule has 1 aliphatic rings. The van der Waals surface area contributed by atoms with Crippen molar-refractivity contribution in [2.75, 3.05) is 0 Å². The molecule has 9 N–H and O–H groups in total. The van der Waals surface area contributed by atoms with Crippen molar-refractivity contribution in [2.45, 2.75) is 34.6 Å². The second-order valence-corrected chi connectivity index (χ2v) is 20.7. The molecule has 1 rings (SSSR count). The van der Waals surface area contributed by atoms with Gasteiger partial charge in [0.25, 0.3) is 0 Å². The van der Waals surface area contributed by atoms with Gasteiger partial charge in [0.05, 0.1) is 0 Å². The average Bonchev–Trinajstić information content (AvgIpc) is 2.25. The third kappa shape index (κ3) is 7.43. The maximum atomic E-state index is 2.40. The monoisotopic (exact) mass is 633 g/mol. The van der Waals surface area contributed by atoms with E-state index in [2.05, 4.69) is 73.8 Å². The van der Waals surface area contributed by atoms with Crippen molar-refractivity contribution >= 4 is 39.2 Å². The molecule has 0 saturated heterocycles. The minimum absolute atomic E-state index is 0. The molecular weight excluding hydrogens is 608 g/mol. The number of hydrogen-bond donors (Lipinski definition) is 3. The van der Waals surface area contributed by atoms with Gasteiger partial charge >= 0.3 is 49.7 Å². The zero-order chi connectivity index (χ0) is 10.6. The minimum atomic E-state index is 0. The van der Waals surface area contributed by atoms with Gasteiger partial charge in [0.15, 0.2) is 0 Å². The summed E-state index contributed by atoms with van der Waals surface area (Å²) in [6.07, 6.45) is 0. The van der Waals surface area contributed by atoms with Crippen molar-refractivity contribution in [1.82, 2.24) is 18.5 Å². The molecule has 6 heteroatoms. The third-order valence-corrected chi connectivity index (χ3v) is 2.81. The predicted octanol–water partition coefficient (Wildman–Crippen LogP) is 5.23. The Morgan fingerprint density at radius 2 is 0.625 bits per heavy atom. The number of halogens is 2. The molecule has 0 aliphatic heterocycles. The van der Waals surface area contributed by atoms with Crippen molar-refractivity contribution in [3.63, 3.8) is 0 Å². The van der Waals surface area contributed by atoms with Gasteiger partial charge in [0, 0.05) is 0 Å². The van der Waals surface area contributed by atoms with Crippen LogP contribution in [0.25, 0.3) is 0 Å². The molecule has 0 aromatic heterocycles. The van der Waals surface area contributed by atoms with Crippen LogP contribution in [0.4, 0.5) is 0 Å². The normalized spacial score (nSPS) is 19.2. The quantitative estimate of drug-likeness (QED) is 0.319. The Kier molecular flexibility index (Phi) is 22.3. The van der Waals surface area contributed by atoms with Gasteiger partial charge in [-0.05, 0) is 29.6 Å². The average molecular weight is 632 g/mol. The molecule has 1 fully saturated rings. The summed E-state index contributed by atoms with van der Waals surface area (Å²) in [5.41, 5.74) is 0. The van der Waals surface area contributed by atoms with E-state index in [0.29, 0.717) is 10.5 Å². The van der Waals surface area contributed by atoms with E-state index in [9.17, 15) is 0 Å². The van der Waals surface area contributed by atoms with Crippen LogP contribution in [0.3, 0.4) is 0 Å². The van der Waals surface area contributed by atoms with Crippen LogP contribution in [0.5, 0.6) is 0 Å². The van der Waals surface area contributed by atoms with Crippen molar-refractivity contribution < 1.29 is 10.5 Å². The van der Waals surface area contributed by atoms with Gasteiger partial charge in [0.2, 0.25) is 0 Å². The first kappa shape index (κ1) is 26.5. The van der Waals surface area contributed by atoms with Crippen molar-refractivity contribution in [1.29, 1.82) is 0 Å². The fourth-order valence-corrected chi connectivity index (χ4v) is 1.41. The molecule has 0 spiro atoms. The molecule has 0 atom stereocenters. The summed E-state index contributed by atoms with van der Waals surface area (Å²) < 4.78 is 0. The van der Waals surface area contributed by atoms with Gasteiger partial charge in [-0.25, -0.2) is 0 Å². The first-order valence-corrected chi connectivity index (χ1v) is 17.6. The molecule has 1 aliphatic carbocycles. The van der Waals surface area contributed by atoms with Crippen LogP contribution in [0, 0.1) is 29.6 Å². The van der Waals surface area contributed by atoms with Gasteiger partial charge in [0.1, 0.15) is 0 Å². The number of rotatable bonds is 0. The number of hydrogen-bond acceptors (Lipinski definition) is 3. The molecule has 5 radical (unpaired) electrons. The van der Waals surface area contributed by atoms with Crippen molar-refractivity contribution in [3.8, 4) is 0 Å². The Morgan fingerprint density at radius 1 is 0.562 bits per heavy atom. The molecule has 0 aromatic rings. The van der Waals surface area contributed by atoms with Crippen molar-refractivity contribution in [3.05, 3.63) is 29.6 Å². The first-order valence-electron chi connectivity index (χ1n) is 4.00. The van der Waals surface area contributed by atoms with E-state index in [1.165, 1.54) is 29.6 Å². The Morgan fingerprint density at radius 3 is 0.688 bits per heavy atom. The van der Waals surface area contributed by atoms with Crippen LogP contribution in [0.15, 0.2) is 0 Å². The van der Waals surface area contributed by atoms with Gasteiger partial charge in [-0.3, -0.25) is 0 Å². The van der Waals surface area contributed by atoms with Crippen molar-refractivity contribution in [2.24, 2.45) is 0 Å². The van der Waals surface area contributed by atoms with Gasteiger partial charge in [-0.1, -0.05) is 34.6 Å². The molecule has 0 amide bonds. The Bertz CT molecular complexity index is 107. The second kappa shape index (κ2) is 13.4. The maximum absolute atomic E-state index is 2.40. The second-order valence-electron chi connectivity index (χ2n) is 3.17. The fraction of sp³-hybridized carbons (Fsp3) is 0.500. The van der Waals surface area contributed by atoms with E-state index >= 15 is 0 Å². The van der Waals surface area contributed by atoms with E-state index < -0.39 is 0 Å². The summed E-state index contributed by atoms with van der Waals surface area (Å²) in [5, 5.41) is 0. The summed E-state index contributed by atoms with van der Waals surface area (Å²) in [6, 6.07) is 0. The molecule has 0 bridgehead atoms. The molecule has 101 valence electrons. The van der Waals surface area contributed by atoms with Gasteiger partial charge in [-0.15, -0.1) is 0 Å². The van der Waals surface area contributed by atoms with Gasteiger partial charge in [-0.2, -0.15) is 0 Å². The molecule has 3 nitrogen and oxygen atoms in total. The van der Waals surface area contributed by atoms with E-state index in [0.717, 1.165) is 0 Å².